The van der Waals surface area contributed by atoms with Crippen LogP contribution in [0.25, 0.3) is 0 Å². The molecule has 0 spiro atoms. The van der Waals surface area contributed by atoms with Gasteiger partial charge in [0.15, 0.2) is 0 Å². The smallest absolute Gasteiger partial charge is 0.434 e. The van der Waals surface area contributed by atoms with Gasteiger partial charge in [-0.15, -0.1) is 0 Å². The minimum absolute atomic E-state index is 0.183. The van der Waals surface area contributed by atoms with Gasteiger partial charge in [-0.05, 0) is 83.7 Å². The molecule has 7 nitrogen and oxygen atoms in total. The molecule has 0 atom stereocenters. The van der Waals surface area contributed by atoms with Crippen molar-refractivity contribution in [3.8, 4) is 0 Å². The summed E-state index contributed by atoms with van der Waals surface area (Å²) < 4.78 is 11.1. The van der Waals surface area contributed by atoms with Crippen molar-refractivity contribution in [1.29, 1.82) is 0 Å². The number of rotatable bonds is 34. The first kappa shape index (κ1) is 44.8. The van der Waals surface area contributed by atoms with E-state index >= 15 is 0 Å². The molecule has 1 N–H and O–H groups in total. The Bertz CT molecular complexity index is 714. The zero-order valence-corrected chi connectivity index (χ0v) is 32.2. The van der Waals surface area contributed by atoms with Crippen molar-refractivity contribution in [2.24, 2.45) is 5.92 Å². The predicted molar refractivity (Wildman–Crippen MR) is 202 cm³/mol. The van der Waals surface area contributed by atoms with E-state index < -0.39 is 6.16 Å². The third kappa shape index (κ3) is 26.7. The Balaban J connectivity index is 2.32. The first-order valence-corrected chi connectivity index (χ1v) is 20.9. The van der Waals surface area contributed by atoms with E-state index in [-0.39, 0.29) is 6.61 Å². The van der Waals surface area contributed by atoms with Crippen molar-refractivity contribution < 1.29 is 24.2 Å². The number of unbranched alkanes of at least 4 members (excludes halogenated alkanes) is 14. The van der Waals surface area contributed by atoms with Crippen LogP contribution in [-0.2, 0) is 14.3 Å². The van der Waals surface area contributed by atoms with Gasteiger partial charge in [-0.2, -0.15) is 0 Å². The topological polar surface area (TPSA) is 79.3 Å². The molecule has 0 bridgehead atoms. The van der Waals surface area contributed by atoms with Crippen molar-refractivity contribution in [3.63, 3.8) is 0 Å². The summed E-state index contributed by atoms with van der Waals surface area (Å²) in [6.45, 7) is 12.1. The maximum absolute atomic E-state index is 12.4. The van der Waals surface area contributed by atoms with E-state index in [1.807, 2.05) is 0 Å². The molecule has 1 aliphatic rings. The molecule has 0 aromatic carbocycles. The molecule has 0 aromatic heterocycles. The van der Waals surface area contributed by atoms with Crippen LogP contribution in [-0.4, -0.2) is 85.4 Å². The summed E-state index contributed by atoms with van der Waals surface area (Å²) >= 11 is 0. The molecular weight excluding hydrogens is 600 g/mol. The van der Waals surface area contributed by atoms with Crippen LogP contribution in [0.1, 0.15) is 188 Å². The second-order valence-corrected chi connectivity index (χ2v) is 14.9. The first-order valence-electron chi connectivity index (χ1n) is 20.9. The second-order valence-electron chi connectivity index (χ2n) is 14.9. The van der Waals surface area contributed by atoms with Crippen LogP contribution in [0.15, 0.2) is 0 Å². The molecule has 0 saturated heterocycles. The molecule has 284 valence electrons. The highest BCUT2D eigenvalue weighted by Gasteiger charge is 2.21. The highest BCUT2D eigenvalue weighted by molar-refractivity contribution is 5.75. The van der Waals surface area contributed by atoms with Crippen LogP contribution in [0.3, 0.4) is 0 Å². The van der Waals surface area contributed by atoms with Crippen molar-refractivity contribution in [2.45, 2.75) is 194 Å². The van der Waals surface area contributed by atoms with E-state index in [9.17, 15) is 14.7 Å². The van der Waals surface area contributed by atoms with E-state index in [0.29, 0.717) is 43.9 Å². The van der Waals surface area contributed by atoms with Gasteiger partial charge in [-0.3, -0.25) is 9.80 Å². The summed E-state index contributed by atoms with van der Waals surface area (Å²) in [5.74, 6) is 0.750. The molecule has 1 aliphatic carbocycles. The van der Waals surface area contributed by atoms with Crippen molar-refractivity contribution in [3.05, 3.63) is 0 Å². The van der Waals surface area contributed by atoms with Crippen molar-refractivity contribution >= 4 is 11.9 Å². The SMILES string of the molecule is CCCCCCCCC(CCCCCCCC)COC(=O)OCCCCCN(CCO)CCN(CCCCCC(C)=O)C1CCCCC1. The minimum atomic E-state index is -0.503. The lowest BCUT2D eigenvalue weighted by Gasteiger charge is -2.36. The van der Waals surface area contributed by atoms with E-state index in [0.717, 1.165) is 77.5 Å². The first-order chi connectivity index (χ1) is 23.5. The van der Waals surface area contributed by atoms with Gasteiger partial charge in [0.1, 0.15) is 5.78 Å². The van der Waals surface area contributed by atoms with Crippen LogP contribution in [0.2, 0.25) is 0 Å². The highest BCUT2D eigenvalue weighted by Crippen LogP contribution is 2.23. The lowest BCUT2D eigenvalue weighted by atomic mass is 9.94. The molecule has 1 saturated carbocycles. The summed E-state index contributed by atoms with van der Waals surface area (Å²) in [4.78, 5) is 28.8. The molecule has 1 rings (SSSR count). The van der Waals surface area contributed by atoms with E-state index in [1.54, 1.807) is 6.92 Å². The molecule has 1 fully saturated rings. The normalized spacial score (nSPS) is 14.0. The quantitative estimate of drug-likeness (QED) is 0.0535. The Labute approximate surface area is 297 Å². The summed E-state index contributed by atoms with van der Waals surface area (Å²) in [7, 11) is 0. The minimum Gasteiger partial charge on any atom is -0.434 e. The molecule has 7 heteroatoms. The predicted octanol–water partition coefficient (Wildman–Crippen LogP) is 10.5. The van der Waals surface area contributed by atoms with Crippen LogP contribution >= 0.6 is 0 Å². The number of carbonyl (C=O) groups excluding carboxylic acids is 2. The van der Waals surface area contributed by atoms with Gasteiger partial charge in [0.25, 0.3) is 0 Å². The number of aliphatic hydroxyl groups excluding tert-OH is 1. The number of hydrogen-bond acceptors (Lipinski definition) is 7. The number of hydrogen-bond donors (Lipinski definition) is 1. The number of ether oxygens (including phenoxy) is 2. The fraction of sp³-hybridized carbons (Fsp3) is 0.951. The van der Waals surface area contributed by atoms with Crippen LogP contribution in [0, 0.1) is 5.92 Å². The number of Topliss-reactive ketones (excluding diaryl/α,β-unsaturated/α-hetero) is 1. The number of ketones is 1. The maximum Gasteiger partial charge on any atom is 0.508 e. The number of nitrogens with zero attached hydrogens (tertiary/aromatic N) is 2. The van der Waals surface area contributed by atoms with Crippen molar-refractivity contribution in [2.75, 3.05) is 52.5 Å². The Morgan fingerprint density at radius 2 is 1.23 bits per heavy atom. The van der Waals surface area contributed by atoms with Gasteiger partial charge in [-0.1, -0.05) is 117 Å². The second kappa shape index (κ2) is 33.0. The summed E-state index contributed by atoms with van der Waals surface area (Å²) in [6.07, 6.45) is 30.9. The van der Waals surface area contributed by atoms with E-state index in [2.05, 4.69) is 23.6 Å². The van der Waals surface area contributed by atoms with Crippen LogP contribution in [0.4, 0.5) is 4.79 Å². The van der Waals surface area contributed by atoms with Crippen molar-refractivity contribution in [1.82, 2.24) is 9.80 Å². The third-order valence-electron chi connectivity index (χ3n) is 10.4. The fourth-order valence-corrected chi connectivity index (χ4v) is 7.27. The lowest BCUT2D eigenvalue weighted by Crippen LogP contribution is -2.43. The standard InChI is InChI=1S/C41H80N2O5/c1-4-6-8-10-12-18-26-39(27-19-13-11-9-7-5-2)37-48-41(46)47-36-24-16-22-30-42(34-35-44)32-33-43(40-28-20-14-21-29-40)31-23-15-17-25-38(3)45/h39-40,44H,4-37H2,1-3H3. The average molecular weight is 681 g/mol. The number of carbonyl (C=O) groups is 2. The highest BCUT2D eigenvalue weighted by atomic mass is 16.7. The third-order valence-corrected chi connectivity index (χ3v) is 10.4. The average Bonchev–Trinajstić information content (AvgIpc) is 3.09. The molecule has 0 aromatic rings. The van der Waals surface area contributed by atoms with Gasteiger partial charge in [0.2, 0.25) is 0 Å². The summed E-state index contributed by atoms with van der Waals surface area (Å²) in [5.41, 5.74) is 0. The molecule has 0 amide bonds. The van der Waals surface area contributed by atoms with E-state index in [1.165, 1.54) is 109 Å². The van der Waals surface area contributed by atoms with Gasteiger partial charge in [0.05, 0.1) is 19.8 Å². The monoisotopic (exact) mass is 681 g/mol. The molecular formula is C41H80N2O5. The summed E-state index contributed by atoms with van der Waals surface area (Å²) in [5, 5.41) is 9.72. The Hall–Kier alpha value is -1.18. The van der Waals surface area contributed by atoms with Gasteiger partial charge < -0.3 is 19.4 Å². The van der Waals surface area contributed by atoms with Crippen LogP contribution in [0.5, 0.6) is 0 Å². The van der Waals surface area contributed by atoms with Gasteiger partial charge in [-0.25, -0.2) is 4.79 Å². The fourth-order valence-electron chi connectivity index (χ4n) is 7.27. The molecule has 48 heavy (non-hydrogen) atoms. The Morgan fingerprint density at radius 3 is 1.85 bits per heavy atom. The molecule has 0 aliphatic heterocycles. The maximum atomic E-state index is 12.4. The molecule has 0 heterocycles. The zero-order chi connectivity index (χ0) is 34.9. The van der Waals surface area contributed by atoms with Crippen LogP contribution < -0.4 is 0 Å². The van der Waals surface area contributed by atoms with Gasteiger partial charge >= 0.3 is 6.16 Å². The molecule has 0 unspecified atom stereocenters. The van der Waals surface area contributed by atoms with E-state index in [4.69, 9.17) is 9.47 Å². The largest absolute Gasteiger partial charge is 0.508 e. The zero-order valence-electron chi connectivity index (χ0n) is 32.2. The molecule has 0 radical (unpaired) electrons. The van der Waals surface area contributed by atoms with Gasteiger partial charge in [0, 0.05) is 32.1 Å². The lowest BCUT2D eigenvalue weighted by molar-refractivity contribution is -0.117. The Morgan fingerprint density at radius 1 is 0.646 bits per heavy atom. The number of aliphatic hydroxyl groups is 1. The summed E-state index contributed by atoms with van der Waals surface area (Å²) in [6, 6.07) is 0.681. The Kier molecular flexibility index (Phi) is 30.8.